The predicted molar refractivity (Wildman–Crippen MR) is 79.5 cm³/mol. The van der Waals surface area contributed by atoms with Crippen molar-refractivity contribution >= 4 is 21.7 Å². The fourth-order valence-corrected chi connectivity index (χ4v) is 3.07. The Hall–Kier alpha value is -0.720. The number of nitrogens with zero attached hydrogens (tertiary/aromatic N) is 4. The van der Waals surface area contributed by atoms with E-state index < -0.39 is 5.60 Å². The smallest absolute Gasteiger partial charge is 0.147 e. The quantitative estimate of drug-likeness (QED) is 0.907. The van der Waals surface area contributed by atoms with Gasteiger partial charge >= 0.3 is 0 Å². The van der Waals surface area contributed by atoms with Gasteiger partial charge in [-0.25, -0.2) is 9.97 Å². The highest BCUT2D eigenvalue weighted by atomic mass is 79.9. The molecular formula is C13H21BrN4O. The molecule has 0 radical (unpaired) electrons. The first-order valence-electron chi connectivity index (χ1n) is 6.43. The van der Waals surface area contributed by atoms with Crippen molar-refractivity contribution in [1.82, 2.24) is 14.9 Å². The number of hydrogen-bond acceptors (Lipinski definition) is 5. The molecule has 0 saturated carbocycles. The lowest BCUT2D eigenvalue weighted by molar-refractivity contribution is 0.0365. The topological polar surface area (TPSA) is 52.5 Å². The van der Waals surface area contributed by atoms with E-state index in [1.54, 1.807) is 0 Å². The Morgan fingerprint density at radius 1 is 1.37 bits per heavy atom. The first-order valence-corrected chi connectivity index (χ1v) is 7.23. The summed E-state index contributed by atoms with van der Waals surface area (Å²) in [6.07, 6.45) is 0.764. The average Bonchev–Trinajstić information content (AvgIpc) is 2.64. The Bertz CT molecular complexity index is 480. The standard InChI is InChI=1S/C13H21BrN4O/c1-9-11(14)12(16-10(2)15-9)18-6-5-13(19,8-18)7-17(3)4/h19H,5-8H2,1-4H3. The first kappa shape index (κ1) is 14.7. The van der Waals surface area contributed by atoms with E-state index in [4.69, 9.17) is 0 Å². The van der Waals surface area contributed by atoms with Crippen LogP contribution in [-0.2, 0) is 0 Å². The molecule has 19 heavy (non-hydrogen) atoms. The Labute approximate surface area is 122 Å². The van der Waals surface area contributed by atoms with Gasteiger partial charge in [0.15, 0.2) is 0 Å². The zero-order valence-corrected chi connectivity index (χ0v) is 13.5. The van der Waals surface area contributed by atoms with Gasteiger partial charge in [-0.1, -0.05) is 0 Å². The summed E-state index contributed by atoms with van der Waals surface area (Å²) in [4.78, 5) is 13.0. The fourth-order valence-electron chi connectivity index (χ4n) is 2.65. The van der Waals surface area contributed by atoms with Crippen LogP contribution in [0.15, 0.2) is 4.47 Å². The normalized spacial score (nSPS) is 23.4. The highest BCUT2D eigenvalue weighted by molar-refractivity contribution is 9.10. The number of aryl methyl sites for hydroxylation is 2. The molecule has 1 saturated heterocycles. The van der Waals surface area contributed by atoms with Crippen LogP contribution in [0.25, 0.3) is 0 Å². The molecule has 0 aromatic carbocycles. The van der Waals surface area contributed by atoms with Crippen molar-refractivity contribution < 1.29 is 5.11 Å². The maximum atomic E-state index is 10.6. The summed E-state index contributed by atoms with van der Waals surface area (Å²) in [5, 5.41) is 10.6. The lowest BCUT2D eigenvalue weighted by Crippen LogP contribution is -2.42. The van der Waals surface area contributed by atoms with Gasteiger partial charge in [0.2, 0.25) is 0 Å². The summed E-state index contributed by atoms with van der Waals surface area (Å²) < 4.78 is 0.923. The van der Waals surface area contributed by atoms with Crippen LogP contribution in [-0.4, -0.2) is 59.3 Å². The molecule has 1 aromatic heterocycles. The van der Waals surface area contributed by atoms with Crippen molar-refractivity contribution in [2.24, 2.45) is 0 Å². The van der Waals surface area contributed by atoms with Gasteiger partial charge in [0, 0.05) is 19.6 Å². The van der Waals surface area contributed by atoms with Crippen molar-refractivity contribution in [1.29, 1.82) is 0 Å². The largest absolute Gasteiger partial charge is 0.387 e. The third kappa shape index (κ3) is 3.24. The Morgan fingerprint density at radius 2 is 2.05 bits per heavy atom. The maximum absolute atomic E-state index is 10.6. The first-order chi connectivity index (χ1) is 8.81. The summed E-state index contributed by atoms with van der Waals surface area (Å²) in [5.41, 5.74) is 0.279. The molecule has 0 bridgehead atoms. The van der Waals surface area contributed by atoms with E-state index in [1.807, 2.05) is 32.8 Å². The van der Waals surface area contributed by atoms with E-state index in [-0.39, 0.29) is 0 Å². The van der Waals surface area contributed by atoms with E-state index in [0.29, 0.717) is 13.1 Å². The second-order valence-corrected chi connectivity index (χ2v) is 6.42. The third-order valence-corrected chi connectivity index (χ3v) is 4.28. The average molecular weight is 329 g/mol. The van der Waals surface area contributed by atoms with Gasteiger partial charge in [0.25, 0.3) is 0 Å². The summed E-state index contributed by atoms with van der Waals surface area (Å²) in [7, 11) is 3.96. The van der Waals surface area contributed by atoms with Crippen molar-refractivity contribution in [3.63, 3.8) is 0 Å². The van der Waals surface area contributed by atoms with Crippen LogP contribution in [0, 0.1) is 13.8 Å². The molecule has 1 aromatic rings. The van der Waals surface area contributed by atoms with Gasteiger partial charge in [0.05, 0.1) is 15.8 Å². The molecule has 0 aliphatic carbocycles. The highest BCUT2D eigenvalue weighted by Crippen LogP contribution is 2.32. The fraction of sp³-hybridized carbons (Fsp3) is 0.692. The van der Waals surface area contributed by atoms with Crippen LogP contribution in [0.1, 0.15) is 17.9 Å². The zero-order valence-electron chi connectivity index (χ0n) is 11.9. The molecule has 2 rings (SSSR count). The zero-order chi connectivity index (χ0) is 14.2. The van der Waals surface area contributed by atoms with Gasteiger partial charge in [0.1, 0.15) is 11.6 Å². The monoisotopic (exact) mass is 328 g/mol. The van der Waals surface area contributed by atoms with E-state index in [0.717, 1.165) is 34.8 Å². The summed E-state index contributed by atoms with van der Waals surface area (Å²) in [6.45, 7) is 5.96. The van der Waals surface area contributed by atoms with Crippen molar-refractivity contribution in [2.75, 3.05) is 38.6 Å². The van der Waals surface area contributed by atoms with Gasteiger partial charge in [-0.3, -0.25) is 0 Å². The molecule has 1 unspecified atom stereocenters. The minimum absolute atomic E-state index is 0.611. The number of rotatable bonds is 3. The second kappa shape index (κ2) is 5.34. The molecular weight excluding hydrogens is 308 g/mol. The molecule has 5 nitrogen and oxygen atoms in total. The van der Waals surface area contributed by atoms with E-state index in [1.165, 1.54) is 0 Å². The van der Waals surface area contributed by atoms with Gasteiger partial charge in [-0.15, -0.1) is 0 Å². The van der Waals surface area contributed by atoms with Gasteiger partial charge in [-0.2, -0.15) is 0 Å². The molecule has 0 spiro atoms. The minimum Gasteiger partial charge on any atom is -0.387 e. The van der Waals surface area contributed by atoms with Crippen LogP contribution < -0.4 is 4.90 Å². The van der Waals surface area contributed by atoms with E-state index >= 15 is 0 Å². The van der Waals surface area contributed by atoms with E-state index in [9.17, 15) is 5.11 Å². The molecule has 1 fully saturated rings. The van der Waals surface area contributed by atoms with Crippen molar-refractivity contribution in [2.45, 2.75) is 25.9 Å². The number of halogens is 1. The van der Waals surface area contributed by atoms with E-state index in [2.05, 4.69) is 30.8 Å². The number of aliphatic hydroxyl groups is 1. The molecule has 6 heteroatoms. The molecule has 1 atom stereocenters. The Balaban J connectivity index is 2.22. The third-order valence-electron chi connectivity index (χ3n) is 3.35. The van der Waals surface area contributed by atoms with Crippen LogP contribution in [0.3, 0.4) is 0 Å². The van der Waals surface area contributed by atoms with Crippen LogP contribution >= 0.6 is 15.9 Å². The lowest BCUT2D eigenvalue weighted by atomic mass is 10.0. The van der Waals surface area contributed by atoms with Crippen LogP contribution in [0.4, 0.5) is 5.82 Å². The summed E-state index contributed by atoms with van der Waals surface area (Å²) >= 11 is 3.55. The number of β-amino-alcohol motifs (C(OH)–C–C–N with tert-alkyl or cyclic N) is 1. The Kier molecular flexibility index (Phi) is 4.13. The molecule has 2 heterocycles. The summed E-state index contributed by atoms with van der Waals surface area (Å²) in [5.74, 6) is 1.65. The predicted octanol–water partition coefficient (Wildman–Crippen LogP) is 1.36. The second-order valence-electron chi connectivity index (χ2n) is 5.63. The van der Waals surface area contributed by atoms with Gasteiger partial charge < -0.3 is 14.9 Å². The number of likely N-dealkylation sites (N-methyl/N-ethyl adjacent to an activating group) is 1. The van der Waals surface area contributed by atoms with Crippen LogP contribution in [0.2, 0.25) is 0 Å². The minimum atomic E-state index is -0.657. The lowest BCUT2D eigenvalue weighted by Gasteiger charge is -2.27. The highest BCUT2D eigenvalue weighted by Gasteiger charge is 2.37. The number of anilines is 1. The number of hydrogen-bond donors (Lipinski definition) is 1. The molecule has 1 aliphatic rings. The summed E-state index contributed by atoms with van der Waals surface area (Å²) in [6, 6.07) is 0. The van der Waals surface area contributed by atoms with Gasteiger partial charge in [-0.05, 0) is 50.3 Å². The Morgan fingerprint density at radius 3 is 2.68 bits per heavy atom. The molecule has 1 aliphatic heterocycles. The van der Waals surface area contributed by atoms with Crippen molar-refractivity contribution in [3.05, 3.63) is 16.0 Å². The van der Waals surface area contributed by atoms with Crippen molar-refractivity contribution in [3.8, 4) is 0 Å². The molecule has 1 N–H and O–H groups in total. The molecule has 106 valence electrons. The maximum Gasteiger partial charge on any atom is 0.147 e. The SMILES string of the molecule is Cc1nc(C)c(Br)c(N2CCC(O)(CN(C)C)C2)n1. The molecule has 0 amide bonds. The number of aromatic nitrogens is 2. The van der Waals surface area contributed by atoms with Crippen LogP contribution in [0.5, 0.6) is 0 Å².